The van der Waals surface area contributed by atoms with E-state index >= 15 is 0 Å². The molecule has 0 unspecified atom stereocenters. The van der Waals surface area contributed by atoms with Gasteiger partial charge in [-0.2, -0.15) is 0 Å². The average Bonchev–Trinajstić information content (AvgIpc) is 2.83. The number of esters is 1. The van der Waals surface area contributed by atoms with Crippen LogP contribution in [-0.4, -0.2) is 25.6 Å². The van der Waals surface area contributed by atoms with Crippen molar-refractivity contribution in [3.63, 3.8) is 0 Å². The molecule has 0 bridgehead atoms. The van der Waals surface area contributed by atoms with E-state index in [0.29, 0.717) is 17.2 Å². The van der Waals surface area contributed by atoms with Gasteiger partial charge in [0.1, 0.15) is 10.8 Å². The molecule has 1 heterocycles. The molecule has 1 amide bonds. The Morgan fingerprint density at radius 1 is 1.11 bits per heavy atom. The van der Waals surface area contributed by atoms with E-state index in [1.165, 1.54) is 29.7 Å². The largest absolute Gasteiger partial charge is 0.494 e. The van der Waals surface area contributed by atoms with Gasteiger partial charge in [0.25, 0.3) is 0 Å². The Balaban J connectivity index is 1.76. The average molecular weight is 388 g/mol. The first-order valence-electron chi connectivity index (χ1n) is 9.36. The summed E-state index contributed by atoms with van der Waals surface area (Å²) >= 11 is 1.51. The molecule has 3 rings (SSSR count). The number of amides is 1. The summed E-state index contributed by atoms with van der Waals surface area (Å²) < 4.78 is 10.4. The number of nitrogens with one attached hydrogen (secondary N) is 1. The van der Waals surface area contributed by atoms with Gasteiger partial charge >= 0.3 is 5.97 Å². The first kappa shape index (κ1) is 19.4. The molecular formula is C21H25NO4S. The maximum atomic E-state index is 12.5. The first-order valence-corrected chi connectivity index (χ1v) is 10.2. The van der Waals surface area contributed by atoms with Crippen LogP contribution < -0.4 is 10.1 Å². The number of aryl methyl sites for hydroxylation is 1. The monoisotopic (exact) mass is 387 g/mol. The summed E-state index contributed by atoms with van der Waals surface area (Å²) in [6.45, 7) is 2.54. The third-order valence-electron chi connectivity index (χ3n) is 4.66. The van der Waals surface area contributed by atoms with Crippen molar-refractivity contribution in [1.82, 2.24) is 0 Å². The molecule has 1 N–H and O–H groups in total. The van der Waals surface area contributed by atoms with E-state index < -0.39 is 0 Å². The molecular weight excluding hydrogens is 362 g/mol. The van der Waals surface area contributed by atoms with Crippen molar-refractivity contribution >= 4 is 28.2 Å². The van der Waals surface area contributed by atoms with Gasteiger partial charge in [-0.3, -0.25) is 4.79 Å². The Bertz CT molecular complexity index is 810. The van der Waals surface area contributed by atoms with E-state index in [4.69, 9.17) is 9.47 Å². The van der Waals surface area contributed by atoms with Gasteiger partial charge in [0.15, 0.2) is 0 Å². The number of ether oxygens (including phenoxy) is 2. The molecule has 0 saturated carbocycles. The van der Waals surface area contributed by atoms with E-state index in [-0.39, 0.29) is 18.3 Å². The lowest BCUT2D eigenvalue weighted by atomic mass is 10.1. The van der Waals surface area contributed by atoms with E-state index in [2.05, 4.69) is 5.32 Å². The normalized spacial score (nSPS) is 13.4. The first-order chi connectivity index (χ1) is 13.1. The molecule has 0 spiro atoms. The number of hydrogen-bond acceptors (Lipinski definition) is 5. The van der Waals surface area contributed by atoms with Gasteiger partial charge in [-0.05, 0) is 55.9 Å². The van der Waals surface area contributed by atoms with Gasteiger partial charge in [0.2, 0.25) is 5.91 Å². The minimum absolute atomic E-state index is 0.138. The van der Waals surface area contributed by atoms with Gasteiger partial charge in [0.05, 0.1) is 25.7 Å². The summed E-state index contributed by atoms with van der Waals surface area (Å²) in [5.41, 5.74) is 2.49. The highest BCUT2D eigenvalue weighted by Gasteiger charge is 2.26. The summed E-state index contributed by atoms with van der Waals surface area (Å²) in [6, 6.07) is 7.49. The number of benzene rings is 1. The van der Waals surface area contributed by atoms with Crippen LogP contribution in [0, 0.1) is 0 Å². The molecule has 2 aromatic rings. The summed E-state index contributed by atoms with van der Waals surface area (Å²) in [5, 5.41) is 3.55. The third kappa shape index (κ3) is 4.69. The lowest BCUT2D eigenvalue weighted by molar-refractivity contribution is -0.115. The SMILES string of the molecule is CCOc1ccc(CC(=O)Nc2sc3c(c2C(=O)OC)CCCCC3)cc1. The highest BCUT2D eigenvalue weighted by atomic mass is 32.1. The van der Waals surface area contributed by atoms with E-state index in [9.17, 15) is 9.59 Å². The second-order valence-electron chi connectivity index (χ2n) is 6.56. The Morgan fingerprint density at radius 2 is 1.85 bits per heavy atom. The Morgan fingerprint density at radius 3 is 2.56 bits per heavy atom. The fourth-order valence-corrected chi connectivity index (χ4v) is 4.67. The van der Waals surface area contributed by atoms with E-state index in [1.807, 2.05) is 31.2 Å². The quantitative estimate of drug-likeness (QED) is 0.590. The predicted molar refractivity (Wildman–Crippen MR) is 107 cm³/mol. The Hall–Kier alpha value is -2.34. The lowest BCUT2D eigenvalue weighted by Crippen LogP contribution is -2.16. The van der Waals surface area contributed by atoms with Crippen molar-refractivity contribution in [3.8, 4) is 5.75 Å². The van der Waals surface area contributed by atoms with Crippen LogP contribution in [0.15, 0.2) is 24.3 Å². The topological polar surface area (TPSA) is 64.6 Å². The smallest absolute Gasteiger partial charge is 0.341 e. The molecule has 27 heavy (non-hydrogen) atoms. The van der Waals surface area contributed by atoms with E-state index in [1.54, 1.807) is 0 Å². The summed E-state index contributed by atoms with van der Waals surface area (Å²) in [5.74, 6) is 0.281. The van der Waals surface area contributed by atoms with Gasteiger partial charge in [-0.1, -0.05) is 18.6 Å². The molecule has 0 aliphatic heterocycles. The van der Waals surface area contributed by atoms with Gasteiger partial charge in [-0.25, -0.2) is 4.79 Å². The molecule has 1 aromatic heterocycles. The van der Waals surface area contributed by atoms with Crippen LogP contribution in [0.3, 0.4) is 0 Å². The molecule has 1 aliphatic rings. The molecule has 144 valence electrons. The number of methoxy groups -OCH3 is 1. The van der Waals surface area contributed by atoms with Crippen molar-refractivity contribution < 1.29 is 19.1 Å². The zero-order chi connectivity index (χ0) is 19.2. The van der Waals surface area contributed by atoms with Crippen molar-refractivity contribution in [1.29, 1.82) is 0 Å². The molecule has 1 aromatic carbocycles. The lowest BCUT2D eigenvalue weighted by Gasteiger charge is -2.08. The number of hydrogen-bond donors (Lipinski definition) is 1. The molecule has 0 atom stereocenters. The maximum absolute atomic E-state index is 12.5. The maximum Gasteiger partial charge on any atom is 0.341 e. The second-order valence-corrected chi connectivity index (χ2v) is 7.67. The molecule has 0 fully saturated rings. The van der Waals surface area contributed by atoms with Crippen LogP contribution in [0.1, 0.15) is 52.5 Å². The summed E-state index contributed by atoms with van der Waals surface area (Å²) in [4.78, 5) is 26.1. The van der Waals surface area contributed by atoms with E-state index in [0.717, 1.165) is 42.6 Å². The minimum atomic E-state index is -0.370. The highest BCUT2D eigenvalue weighted by molar-refractivity contribution is 7.17. The predicted octanol–water partition coefficient (Wildman–Crippen LogP) is 4.38. The highest BCUT2D eigenvalue weighted by Crippen LogP contribution is 2.38. The van der Waals surface area contributed by atoms with Crippen LogP contribution in [0.2, 0.25) is 0 Å². The van der Waals surface area contributed by atoms with Crippen LogP contribution in [0.5, 0.6) is 5.75 Å². The summed E-state index contributed by atoms with van der Waals surface area (Å²) in [6.07, 6.45) is 5.42. The standard InChI is InChI=1S/C21H25NO4S/c1-3-26-15-11-9-14(10-12-15)13-18(23)22-20-19(21(24)25-2)16-7-5-4-6-8-17(16)27-20/h9-12H,3-8,13H2,1-2H3,(H,22,23). The number of anilines is 1. The number of rotatable bonds is 6. The van der Waals surface area contributed by atoms with Crippen LogP contribution >= 0.6 is 11.3 Å². The van der Waals surface area contributed by atoms with Crippen molar-refractivity contribution in [2.75, 3.05) is 19.0 Å². The summed E-state index contributed by atoms with van der Waals surface area (Å²) in [7, 11) is 1.38. The van der Waals surface area contributed by atoms with Crippen LogP contribution in [0.4, 0.5) is 5.00 Å². The fraction of sp³-hybridized carbons (Fsp3) is 0.429. The second kappa shape index (κ2) is 9.04. The zero-order valence-electron chi connectivity index (χ0n) is 15.8. The third-order valence-corrected chi connectivity index (χ3v) is 5.87. The van der Waals surface area contributed by atoms with Crippen molar-refractivity contribution in [2.24, 2.45) is 0 Å². The number of carbonyl (C=O) groups is 2. The molecule has 0 saturated heterocycles. The Kier molecular flexibility index (Phi) is 6.50. The molecule has 0 radical (unpaired) electrons. The fourth-order valence-electron chi connectivity index (χ4n) is 3.38. The van der Waals surface area contributed by atoms with Gasteiger partial charge < -0.3 is 14.8 Å². The Labute approximate surface area is 163 Å². The number of carbonyl (C=O) groups excluding carboxylic acids is 2. The zero-order valence-corrected chi connectivity index (χ0v) is 16.6. The van der Waals surface area contributed by atoms with Crippen LogP contribution in [0.25, 0.3) is 0 Å². The number of thiophene rings is 1. The van der Waals surface area contributed by atoms with Crippen molar-refractivity contribution in [3.05, 3.63) is 45.8 Å². The molecule has 1 aliphatic carbocycles. The molecule has 6 heteroatoms. The minimum Gasteiger partial charge on any atom is -0.494 e. The number of fused-ring (bicyclic) bond motifs is 1. The molecule has 5 nitrogen and oxygen atoms in total. The van der Waals surface area contributed by atoms with Crippen LogP contribution in [-0.2, 0) is 28.8 Å². The van der Waals surface area contributed by atoms with Crippen molar-refractivity contribution in [2.45, 2.75) is 45.4 Å². The van der Waals surface area contributed by atoms with Gasteiger partial charge in [0, 0.05) is 4.88 Å². The van der Waals surface area contributed by atoms with Gasteiger partial charge in [-0.15, -0.1) is 11.3 Å².